The maximum absolute atomic E-state index is 10.7. The predicted molar refractivity (Wildman–Crippen MR) is 65.7 cm³/mol. The van der Waals surface area contributed by atoms with Crippen molar-refractivity contribution >= 4 is 0 Å². The Labute approximate surface area is 99.4 Å². The van der Waals surface area contributed by atoms with E-state index in [1.807, 2.05) is 43.3 Å². The van der Waals surface area contributed by atoms with Gasteiger partial charge < -0.3 is 4.98 Å². The van der Waals surface area contributed by atoms with Crippen LogP contribution in [0.1, 0.15) is 22.7 Å². The van der Waals surface area contributed by atoms with E-state index in [2.05, 4.69) is 4.98 Å². The summed E-state index contributed by atoms with van der Waals surface area (Å²) in [6, 6.07) is 11.6. The minimum absolute atomic E-state index is 0.0937. The molecule has 0 saturated heterocycles. The highest BCUT2D eigenvalue weighted by Crippen LogP contribution is 2.23. The predicted octanol–water partition coefficient (Wildman–Crippen LogP) is 2.73. The zero-order chi connectivity index (χ0) is 12.3. The van der Waals surface area contributed by atoms with E-state index >= 15 is 0 Å². The molecule has 0 aliphatic heterocycles. The molecular formula is C13H14N2O2. The Hall–Kier alpha value is -2.10. The number of nitro groups is 1. The number of nitrogens with one attached hydrogen (secondary N) is 1. The Kier molecular flexibility index (Phi) is 3.23. The van der Waals surface area contributed by atoms with Crippen molar-refractivity contribution in [1.29, 1.82) is 0 Å². The summed E-state index contributed by atoms with van der Waals surface area (Å²) in [6.07, 6.45) is 1.79. The number of aryl methyl sites for hydroxylation is 1. The van der Waals surface area contributed by atoms with Crippen LogP contribution in [0.25, 0.3) is 0 Å². The van der Waals surface area contributed by atoms with Gasteiger partial charge in [-0.3, -0.25) is 10.1 Å². The summed E-state index contributed by atoms with van der Waals surface area (Å²) in [5.41, 5.74) is 3.00. The van der Waals surface area contributed by atoms with Crippen LogP contribution in [-0.2, 0) is 0 Å². The molecule has 0 fully saturated rings. The van der Waals surface area contributed by atoms with Crippen LogP contribution in [0.4, 0.5) is 0 Å². The maximum atomic E-state index is 10.7. The third-order valence-corrected chi connectivity index (χ3v) is 2.81. The Morgan fingerprint density at radius 1 is 1.29 bits per heavy atom. The molecule has 2 rings (SSSR count). The van der Waals surface area contributed by atoms with Gasteiger partial charge in [-0.2, -0.15) is 0 Å². The molecule has 2 aromatic rings. The molecule has 4 heteroatoms. The molecule has 4 nitrogen and oxygen atoms in total. The van der Waals surface area contributed by atoms with Gasteiger partial charge in [0.2, 0.25) is 6.54 Å². The van der Waals surface area contributed by atoms with Gasteiger partial charge in [0.05, 0.1) is 5.92 Å². The van der Waals surface area contributed by atoms with E-state index in [0.717, 1.165) is 16.8 Å². The number of aromatic nitrogens is 1. The number of benzene rings is 1. The highest BCUT2D eigenvalue weighted by Gasteiger charge is 2.20. The van der Waals surface area contributed by atoms with Crippen molar-refractivity contribution in [1.82, 2.24) is 4.98 Å². The summed E-state index contributed by atoms with van der Waals surface area (Å²) in [4.78, 5) is 13.5. The summed E-state index contributed by atoms with van der Waals surface area (Å²) >= 11 is 0. The smallest absolute Gasteiger partial charge is 0.216 e. The second kappa shape index (κ2) is 4.82. The van der Waals surface area contributed by atoms with E-state index < -0.39 is 0 Å². The van der Waals surface area contributed by atoms with Crippen molar-refractivity contribution in [2.45, 2.75) is 12.8 Å². The lowest BCUT2D eigenvalue weighted by molar-refractivity contribution is -0.481. The summed E-state index contributed by atoms with van der Waals surface area (Å²) < 4.78 is 0. The Morgan fingerprint density at radius 3 is 2.53 bits per heavy atom. The minimum atomic E-state index is -0.272. The molecule has 0 amide bonds. The average Bonchev–Trinajstić information content (AvgIpc) is 2.80. The fourth-order valence-electron chi connectivity index (χ4n) is 1.89. The van der Waals surface area contributed by atoms with Crippen LogP contribution in [0.5, 0.6) is 0 Å². The number of nitrogens with zero attached hydrogens (tertiary/aromatic N) is 1. The van der Waals surface area contributed by atoms with Gasteiger partial charge in [0.15, 0.2) is 0 Å². The Bertz CT molecular complexity index is 489. The number of hydrogen-bond donors (Lipinski definition) is 1. The number of aromatic amines is 1. The van der Waals surface area contributed by atoms with Gasteiger partial charge in [0.25, 0.3) is 0 Å². The Morgan fingerprint density at radius 2 is 2.00 bits per heavy atom. The van der Waals surface area contributed by atoms with Crippen molar-refractivity contribution in [3.63, 3.8) is 0 Å². The first-order chi connectivity index (χ1) is 8.16. The largest absolute Gasteiger partial charge is 0.364 e. The topological polar surface area (TPSA) is 58.9 Å². The fraction of sp³-hybridized carbons (Fsp3) is 0.231. The zero-order valence-electron chi connectivity index (χ0n) is 9.59. The molecule has 17 heavy (non-hydrogen) atoms. The summed E-state index contributed by atoms with van der Waals surface area (Å²) in [7, 11) is 0. The highest BCUT2D eigenvalue weighted by atomic mass is 16.6. The third kappa shape index (κ3) is 2.72. The van der Waals surface area contributed by atoms with Gasteiger partial charge in [-0.05, 0) is 24.6 Å². The van der Waals surface area contributed by atoms with E-state index in [1.54, 1.807) is 6.20 Å². The van der Waals surface area contributed by atoms with Crippen LogP contribution >= 0.6 is 0 Å². The second-order valence-electron chi connectivity index (χ2n) is 4.10. The van der Waals surface area contributed by atoms with E-state index in [9.17, 15) is 10.1 Å². The number of H-pyrrole nitrogens is 1. The molecule has 88 valence electrons. The summed E-state index contributed by atoms with van der Waals surface area (Å²) in [6.45, 7) is 1.91. The summed E-state index contributed by atoms with van der Waals surface area (Å²) in [5, 5.41) is 10.7. The van der Waals surface area contributed by atoms with Crippen LogP contribution in [0, 0.1) is 17.0 Å². The quantitative estimate of drug-likeness (QED) is 0.648. The molecule has 1 aromatic carbocycles. The van der Waals surface area contributed by atoms with Gasteiger partial charge >= 0.3 is 0 Å². The van der Waals surface area contributed by atoms with Crippen molar-refractivity contribution < 1.29 is 4.92 Å². The Balaban J connectivity index is 2.33. The standard InChI is InChI=1S/C13H14N2O2/c1-10-4-6-11(7-5-10)12(9-15(16)17)13-3-2-8-14-13/h2-8,12,14H,9H2,1H3. The molecule has 0 spiro atoms. The molecule has 1 N–H and O–H groups in total. The van der Waals surface area contributed by atoms with Gasteiger partial charge in [-0.1, -0.05) is 29.8 Å². The molecule has 0 aliphatic rings. The highest BCUT2D eigenvalue weighted by molar-refractivity contribution is 5.31. The molecule has 0 bridgehead atoms. The molecule has 1 aromatic heterocycles. The van der Waals surface area contributed by atoms with Crippen LogP contribution in [0.2, 0.25) is 0 Å². The molecule has 1 atom stereocenters. The van der Waals surface area contributed by atoms with E-state index in [1.165, 1.54) is 0 Å². The van der Waals surface area contributed by atoms with Crippen molar-refractivity contribution in [3.05, 3.63) is 69.5 Å². The van der Waals surface area contributed by atoms with Crippen LogP contribution < -0.4 is 0 Å². The third-order valence-electron chi connectivity index (χ3n) is 2.81. The number of hydrogen-bond acceptors (Lipinski definition) is 2. The van der Waals surface area contributed by atoms with Crippen molar-refractivity contribution in [2.24, 2.45) is 0 Å². The van der Waals surface area contributed by atoms with E-state index in [0.29, 0.717) is 0 Å². The average molecular weight is 230 g/mol. The molecule has 0 saturated carbocycles. The first kappa shape index (κ1) is 11.4. The van der Waals surface area contributed by atoms with Crippen LogP contribution in [0.3, 0.4) is 0 Å². The second-order valence-corrected chi connectivity index (χ2v) is 4.10. The van der Waals surface area contributed by atoms with Crippen molar-refractivity contribution in [3.8, 4) is 0 Å². The van der Waals surface area contributed by atoms with Crippen LogP contribution in [0.15, 0.2) is 42.6 Å². The van der Waals surface area contributed by atoms with E-state index in [4.69, 9.17) is 0 Å². The van der Waals surface area contributed by atoms with Crippen LogP contribution in [-0.4, -0.2) is 16.5 Å². The monoisotopic (exact) mass is 230 g/mol. The normalized spacial score (nSPS) is 12.3. The van der Waals surface area contributed by atoms with Gasteiger partial charge in [0, 0.05) is 16.8 Å². The first-order valence-corrected chi connectivity index (χ1v) is 5.48. The van der Waals surface area contributed by atoms with Crippen molar-refractivity contribution in [2.75, 3.05) is 6.54 Å². The molecule has 1 unspecified atom stereocenters. The SMILES string of the molecule is Cc1ccc(C(C[N+](=O)[O-])c2ccc[nH]2)cc1. The zero-order valence-corrected chi connectivity index (χ0v) is 9.59. The number of rotatable bonds is 4. The lowest BCUT2D eigenvalue weighted by Crippen LogP contribution is -2.14. The van der Waals surface area contributed by atoms with Gasteiger partial charge in [-0.25, -0.2) is 0 Å². The molecule has 1 heterocycles. The first-order valence-electron chi connectivity index (χ1n) is 5.48. The van der Waals surface area contributed by atoms with Gasteiger partial charge in [-0.15, -0.1) is 0 Å². The minimum Gasteiger partial charge on any atom is -0.364 e. The lowest BCUT2D eigenvalue weighted by Gasteiger charge is -2.12. The molecule has 0 aliphatic carbocycles. The molecule has 0 radical (unpaired) electrons. The van der Waals surface area contributed by atoms with Gasteiger partial charge in [0.1, 0.15) is 0 Å². The summed E-state index contributed by atoms with van der Waals surface area (Å²) in [5.74, 6) is -0.208. The fourth-order valence-corrected chi connectivity index (χ4v) is 1.89. The lowest BCUT2D eigenvalue weighted by atomic mass is 9.95. The maximum Gasteiger partial charge on any atom is 0.216 e. The van der Waals surface area contributed by atoms with E-state index in [-0.39, 0.29) is 17.4 Å². The molecular weight excluding hydrogens is 216 g/mol.